The van der Waals surface area contributed by atoms with Crippen LogP contribution in [0.3, 0.4) is 0 Å². The van der Waals surface area contributed by atoms with Gasteiger partial charge in [-0.2, -0.15) is 4.31 Å². The molecule has 2 saturated heterocycles. The summed E-state index contributed by atoms with van der Waals surface area (Å²) in [7, 11) is -3.53. The lowest BCUT2D eigenvalue weighted by atomic mass is 9.74. The summed E-state index contributed by atoms with van der Waals surface area (Å²) in [6.07, 6.45) is 5.83. The summed E-state index contributed by atoms with van der Waals surface area (Å²) >= 11 is 0. The van der Waals surface area contributed by atoms with Crippen molar-refractivity contribution in [3.05, 3.63) is 71.8 Å². The molecule has 0 radical (unpaired) electrons. The summed E-state index contributed by atoms with van der Waals surface area (Å²) in [5, 5.41) is 10.1. The zero-order valence-electron chi connectivity index (χ0n) is 17.4. The SMILES string of the molecule is C/C=C/c1ccc([C@@H]2[C@H](CO)N3CCCCN(S(=O)(=O)c4ccccc4)C[C@@H]23)cc1. The molecule has 6 heteroatoms. The molecule has 2 aromatic rings. The van der Waals surface area contributed by atoms with E-state index in [9.17, 15) is 13.5 Å². The second-order valence-corrected chi connectivity index (χ2v) is 10.1. The first-order valence-electron chi connectivity index (χ1n) is 10.7. The monoisotopic (exact) mass is 426 g/mol. The van der Waals surface area contributed by atoms with E-state index in [0.29, 0.717) is 18.0 Å². The van der Waals surface area contributed by atoms with Gasteiger partial charge in [0.25, 0.3) is 0 Å². The molecule has 160 valence electrons. The van der Waals surface area contributed by atoms with Gasteiger partial charge >= 0.3 is 0 Å². The number of fused-ring (bicyclic) bond motifs is 1. The van der Waals surface area contributed by atoms with Crippen LogP contribution in [0.15, 0.2) is 65.6 Å². The van der Waals surface area contributed by atoms with E-state index in [1.807, 2.05) is 19.1 Å². The zero-order chi connectivity index (χ0) is 21.1. The van der Waals surface area contributed by atoms with Crippen molar-refractivity contribution in [1.29, 1.82) is 0 Å². The summed E-state index contributed by atoms with van der Waals surface area (Å²) in [5.41, 5.74) is 2.31. The fraction of sp³-hybridized carbons (Fsp3) is 0.417. The van der Waals surface area contributed by atoms with Crippen molar-refractivity contribution >= 4 is 16.1 Å². The van der Waals surface area contributed by atoms with Gasteiger partial charge in [0.2, 0.25) is 10.0 Å². The van der Waals surface area contributed by atoms with Crippen molar-refractivity contribution in [2.75, 3.05) is 26.2 Å². The highest BCUT2D eigenvalue weighted by atomic mass is 32.2. The number of hydrogen-bond acceptors (Lipinski definition) is 4. The summed E-state index contributed by atoms with van der Waals surface area (Å²) < 4.78 is 28.2. The van der Waals surface area contributed by atoms with Crippen LogP contribution in [0.5, 0.6) is 0 Å². The quantitative estimate of drug-likeness (QED) is 0.797. The Labute approximate surface area is 179 Å². The van der Waals surface area contributed by atoms with E-state index in [2.05, 4.69) is 35.2 Å². The minimum Gasteiger partial charge on any atom is -0.395 e. The Hall–Kier alpha value is -1.99. The molecule has 0 unspecified atom stereocenters. The van der Waals surface area contributed by atoms with Gasteiger partial charge in [-0.15, -0.1) is 0 Å². The molecule has 30 heavy (non-hydrogen) atoms. The molecule has 2 fully saturated rings. The fourth-order valence-electron chi connectivity index (χ4n) is 4.89. The Kier molecular flexibility index (Phi) is 6.39. The molecular formula is C24H30N2O3S. The first kappa shape index (κ1) is 21.2. The van der Waals surface area contributed by atoms with Crippen molar-refractivity contribution in [2.45, 2.75) is 42.7 Å². The number of hydrogen-bond donors (Lipinski definition) is 1. The number of rotatable bonds is 5. The van der Waals surface area contributed by atoms with Gasteiger partial charge < -0.3 is 5.11 Å². The average Bonchev–Trinajstić information content (AvgIpc) is 2.74. The molecular weight excluding hydrogens is 396 g/mol. The summed E-state index contributed by atoms with van der Waals surface area (Å²) in [6.45, 7) is 3.98. The molecule has 4 rings (SSSR count). The molecule has 1 N–H and O–H groups in total. The Morgan fingerprint density at radius 3 is 2.40 bits per heavy atom. The molecule has 2 aliphatic heterocycles. The topological polar surface area (TPSA) is 60.9 Å². The third-order valence-corrected chi connectivity index (χ3v) is 8.27. The van der Waals surface area contributed by atoms with E-state index in [-0.39, 0.29) is 24.6 Å². The van der Waals surface area contributed by atoms with Gasteiger partial charge in [-0.3, -0.25) is 4.90 Å². The van der Waals surface area contributed by atoms with Crippen LogP contribution in [0, 0.1) is 0 Å². The van der Waals surface area contributed by atoms with E-state index in [4.69, 9.17) is 0 Å². The number of aliphatic hydroxyl groups is 1. The molecule has 0 spiro atoms. The lowest BCUT2D eigenvalue weighted by molar-refractivity contribution is -0.0553. The van der Waals surface area contributed by atoms with Crippen LogP contribution in [0.1, 0.15) is 36.8 Å². The maximum absolute atomic E-state index is 13.3. The summed E-state index contributed by atoms with van der Waals surface area (Å²) in [5.74, 6) is 0.126. The number of aliphatic hydroxyl groups excluding tert-OH is 1. The molecule has 0 aromatic heterocycles. The van der Waals surface area contributed by atoms with E-state index >= 15 is 0 Å². The normalized spacial score (nSPS) is 26.0. The number of nitrogens with zero attached hydrogens (tertiary/aromatic N) is 2. The van der Waals surface area contributed by atoms with Crippen LogP contribution in [-0.2, 0) is 10.0 Å². The lowest BCUT2D eigenvalue weighted by Crippen LogP contribution is -2.67. The van der Waals surface area contributed by atoms with Crippen LogP contribution in [-0.4, -0.2) is 61.1 Å². The highest BCUT2D eigenvalue weighted by molar-refractivity contribution is 7.89. The van der Waals surface area contributed by atoms with Crippen LogP contribution >= 0.6 is 0 Å². The van der Waals surface area contributed by atoms with Gasteiger partial charge in [0.1, 0.15) is 0 Å². The Balaban J connectivity index is 1.62. The maximum atomic E-state index is 13.3. The van der Waals surface area contributed by atoms with Crippen molar-refractivity contribution in [3.8, 4) is 0 Å². The predicted molar refractivity (Wildman–Crippen MR) is 120 cm³/mol. The average molecular weight is 427 g/mol. The highest BCUT2D eigenvalue weighted by Crippen LogP contribution is 2.42. The van der Waals surface area contributed by atoms with Gasteiger partial charge in [-0.25, -0.2) is 8.42 Å². The van der Waals surface area contributed by atoms with E-state index < -0.39 is 10.0 Å². The summed E-state index contributed by atoms with van der Waals surface area (Å²) in [4.78, 5) is 2.65. The molecule has 0 bridgehead atoms. The van der Waals surface area contributed by atoms with Crippen LogP contribution in [0.4, 0.5) is 0 Å². The highest BCUT2D eigenvalue weighted by Gasteiger charge is 2.50. The van der Waals surface area contributed by atoms with Gasteiger partial charge in [0, 0.05) is 31.1 Å². The van der Waals surface area contributed by atoms with Gasteiger partial charge in [-0.05, 0) is 49.6 Å². The minimum absolute atomic E-state index is 0.0435. The molecule has 3 atom stereocenters. The largest absolute Gasteiger partial charge is 0.395 e. The zero-order valence-corrected chi connectivity index (χ0v) is 18.2. The molecule has 0 amide bonds. The first-order valence-corrected chi connectivity index (χ1v) is 12.1. The number of sulfonamides is 1. The van der Waals surface area contributed by atoms with Gasteiger partial charge in [0.05, 0.1) is 11.5 Å². The molecule has 2 aliphatic rings. The molecule has 0 saturated carbocycles. The number of benzene rings is 2. The molecule has 2 aromatic carbocycles. The van der Waals surface area contributed by atoms with E-state index in [1.165, 1.54) is 5.56 Å². The van der Waals surface area contributed by atoms with Crippen molar-refractivity contribution in [1.82, 2.24) is 9.21 Å². The smallest absolute Gasteiger partial charge is 0.243 e. The molecule has 5 nitrogen and oxygen atoms in total. The van der Waals surface area contributed by atoms with Crippen LogP contribution in [0.25, 0.3) is 6.08 Å². The van der Waals surface area contributed by atoms with Gasteiger partial charge in [0.15, 0.2) is 0 Å². The fourth-order valence-corrected chi connectivity index (χ4v) is 6.41. The summed E-state index contributed by atoms with van der Waals surface area (Å²) in [6, 6.07) is 17.2. The second-order valence-electron chi connectivity index (χ2n) is 8.13. The second kappa shape index (κ2) is 9.02. The van der Waals surface area contributed by atoms with Crippen LogP contribution < -0.4 is 0 Å². The third-order valence-electron chi connectivity index (χ3n) is 6.39. The van der Waals surface area contributed by atoms with E-state index in [1.54, 1.807) is 28.6 Å². The van der Waals surface area contributed by atoms with Crippen molar-refractivity contribution in [2.24, 2.45) is 0 Å². The minimum atomic E-state index is -3.53. The van der Waals surface area contributed by atoms with Crippen molar-refractivity contribution < 1.29 is 13.5 Å². The Morgan fingerprint density at radius 2 is 1.73 bits per heavy atom. The third kappa shape index (κ3) is 3.97. The maximum Gasteiger partial charge on any atom is 0.243 e. The van der Waals surface area contributed by atoms with Crippen LogP contribution in [0.2, 0.25) is 0 Å². The predicted octanol–water partition coefficient (Wildman–Crippen LogP) is 3.33. The van der Waals surface area contributed by atoms with Crippen molar-refractivity contribution in [3.63, 3.8) is 0 Å². The van der Waals surface area contributed by atoms with Gasteiger partial charge in [-0.1, -0.05) is 54.6 Å². The lowest BCUT2D eigenvalue weighted by Gasteiger charge is -2.57. The standard InChI is InChI=1S/C24H30N2O3S/c1-2-8-19-11-13-20(14-12-19)24-22-17-25(15-6-7-16-26(22)23(24)18-27)30(28,29)21-9-4-3-5-10-21/h2-5,8-14,22-24,27H,6-7,15-18H2,1H3/b8-2+/t22-,23-,24-/m0/s1. The first-order chi connectivity index (χ1) is 14.6. The Morgan fingerprint density at radius 1 is 1.03 bits per heavy atom. The Bertz CT molecular complexity index is 973. The van der Waals surface area contributed by atoms with E-state index in [0.717, 1.165) is 24.9 Å². The molecule has 2 heterocycles. The number of allylic oxidation sites excluding steroid dienone is 1. The molecule has 0 aliphatic carbocycles.